The van der Waals surface area contributed by atoms with Crippen molar-refractivity contribution < 1.29 is 0 Å². The van der Waals surface area contributed by atoms with Gasteiger partial charge in [-0.25, -0.2) is 6.57 Å². The monoisotopic (exact) mass is 189 g/mol. The minimum absolute atomic E-state index is 0.288. The molecule has 4 bridgehead atoms. The molecule has 1 atom stereocenters. The number of hydrogen-bond donors (Lipinski definition) is 0. The number of nitrogens with zero attached hydrogens (tertiary/aromatic N) is 1. The fourth-order valence-corrected chi connectivity index (χ4v) is 4.83. The summed E-state index contributed by atoms with van der Waals surface area (Å²) < 4.78 is 0. The largest absolute Gasteiger partial charge is 0.313 e. The second-order valence-electron chi connectivity index (χ2n) is 6.09. The quantitative estimate of drug-likeness (QED) is 0.556. The van der Waals surface area contributed by atoms with Crippen molar-refractivity contribution in [1.82, 2.24) is 0 Å². The van der Waals surface area contributed by atoms with Crippen molar-refractivity contribution in [1.29, 1.82) is 0 Å². The molecule has 76 valence electrons. The zero-order valence-electron chi connectivity index (χ0n) is 9.00. The molecule has 1 heteroatoms. The normalized spacial score (nSPS) is 51.6. The SMILES string of the molecule is [C-]#[N+]C(C)C12CC3CC(CC(C3)C1)C2. The molecule has 0 aliphatic heterocycles. The highest BCUT2D eigenvalue weighted by molar-refractivity contribution is 5.07. The fourth-order valence-electron chi connectivity index (χ4n) is 4.83. The van der Waals surface area contributed by atoms with E-state index in [0.29, 0.717) is 5.41 Å². The fraction of sp³-hybridized carbons (Fsp3) is 0.923. The summed E-state index contributed by atoms with van der Waals surface area (Å²) in [5.41, 5.74) is 0.455. The van der Waals surface area contributed by atoms with Gasteiger partial charge in [0.25, 0.3) is 0 Å². The third kappa shape index (κ3) is 1.06. The molecule has 4 rings (SSSR count). The molecule has 4 fully saturated rings. The van der Waals surface area contributed by atoms with Crippen molar-refractivity contribution in [2.75, 3.05) is 0 Å². The van der Waals surface area contributed by atoms with Gasteiger partial charge in [0.15, 0.2) is 0 Å². The summed E-state index contributed by atoms with van der Waals surface area (Å²) in [5.74, 6) is 2.97. The van der Waals surface area contributed by atoms with E-state index in [1.54, 1.807) is 0 Å². The Kier molecular flexibility index (Phi) is 1.72. The lowest BCUT2D eigenvalue weighted by Crippen LogP contribution is -2.50. The van der Waals surface area contributed by atoms with Crippen molar-refractivity contribution in [2.24, 2.45) is 23.2 Å². The Bertz CT molecular complexity index is 251. The molecule has 4 aliphatic carbocycles. The molecule has 0 aromatic heterocycles. The minimum Gasteiger partial charge on any atom is -0.313 e. The first-order valence-corrected chi connectivity index (χ1v) is 6.08. The van der Waals surface area contributed by atoms with Crippen LogP contribution in [0, 0.1) is 29.7 Å². The lowest BCUT2D eigenvalue weighted by molar-refractivity contribution is -0.0576. The van der Waals surface area contributed by atoms with Gasteiger partial charge in [-0.2, -0.15) is 0 Å². The minimum atomic E-state index is 0.288. The van der Waals surface area contributed by atoms with Crippen LogP contribution in [0.1, 0.15) is 45.4 Å². The predicted octanol–water partition coefficient (Wildman–Crippen LogP) is 3.51. The van der Waals surface area contributed by atoms with E-state index in [4.69, 9.17) is 6.57 Å². The third-order valence-electron chi connectivity index (χ3n) is 5.17. The highest BCUT2D eigenvalue weighted by atomic mass is 14.8. The van der Waals surface area contributed by atoms with E-state index >= 15 is 0 Å². The van der Waals surface area contributed by atoms with Crippen LogP contribution in [0.4, 0.5) is 0 Å². The number of rotatable bonds is 1. The lowest BCUT2D eigenvalue weighted by Gasteiger charge is -2.56. The maximum absolute atomic E-state index is 7.27. The maximum atomic E-state index is 7.27. The van der Waals surface area contributed by atoms with Crippen molar-refractivity contribution in [3.8, 4) is 0 Å². The molecule has 14 heavy (non-hydrogen) atoms. The highest BCUT2D eigenvalue weighted by Gasteiger charge is 2.55. The summed E-state index contributed by atoms with van der Waals surface area (Å²) in [7, 11) is 0. The molecule has 4 saturated carbocycles. The van der Waals surface area contributed by atoms with Crippen LogP contribution in [-0.2, 0) is 0 Å². The zero-order chi connectivity index (χ0) is 9.76. The molecule has 0 aromatic rings. The van der Waals surface area contributed by atoms with E-state index in [1.165, 1.54) is 38.5 Å². The van der Waals surface area contributed by atoms with Gasteiger partial charge in [-0.15, -0.1) is 0 Å². The van der Waals surface area contributed by atoms with Crippen molar-refractivity contribution in [3.63, 3.8) is 0 Å². The van der Waals surface area contributed by atoms with Crippen molar-refractivity contribution in [3.05, 3.63) is 11.4 Å². The molecular formula is C13H19N. The first kappa shape index (κ1) is 8.77. The van der Waals surface area contributed by atoms with Crippen LogP contribution in [-0.4, -0.2) is 6.04 Å². The Balaban J connectivity index is 1.91. The van der Waals surface area contributed by atoms with E-state index in [2.05, 4.69) is 11.8 Å². The van der Waals surface area contributed by atoms with Crippen LogP contribution in [0.2, 0.25) is 0 Å². The van der Waals surface area contributed by atoms with Gasteiger partial charge in [0.05, 0.1) is 0 Å². The first-order chi connectivity index (χ1) is 6.72. The summed E-state index contributed by atoms with van der Waals surface area (Å²) in [5, 5.41) is 0. The second kappa shape index (κ2) is 2.75. The Morgan fingerprint density at radius 2 is 1.50 bits per heavy atom. The molecule has 0 saturated heterocycles. The molecule has 0 spiro atoms. The zero-order valence-corrected chi connectivity index (χ0v) is 9.00. The molecule has 1 nitrogen and oxygen atoms in total. The van der Waals surface area contributed by atoms with Crippen LogP contribution < -0.4 is 0 Å². The van der Waals surface area contributed by atoms with E-state index < -0.39 is 0 Å². The van der Waals surface area contributed by atoms with Crippen molar-refractivity contribution >= 4 is 0 Å². The van der Waals surface area contributed by atoms with Gasteiger partial charge in [-0.1, -0.05) is 0 Å². The Hall–Kier alpha value is -0.510. The molecule has 4 aliphatic rings. The van der Waals surface area contributed by atoms with Crippen LogP contribution >= 0.6 is 0 Å². The predicted molar refractivity (Wildman–Crippen MR) is 56.7 cm³/mol. The average Bonchev–Trinajstić information content (AvgIpc) is 2.14. The van der Waals surface area contributed by atoms with E-state index in [9.17, 15) is 0 Å². The molecule has 0 aromatic carbocycles. The molecule has 0 N–H and O–H groups in total. The van der Waals surface area contributed by atoms with E-state index in [-0.39, 0.29) is 6.04 Å². The summed E-state index contributed by atoms with van der Waals surface area (Å²) in [6.45, 7) is 9.44. The number of hydrogen-bond acceptors (Lipinski definition) is 0. The standard InChI is InChI=1S/C13H19N/c1-9(14-2)13-6-10-3-11(7-13)5-12(4-10)8-13/h9-12H,3-8H2,1H3. The van der Waals surface area contributed by atoms with Gasteiger partial charge >= 0.3 is 0 Å². The maximum Gasteiger partial charge on any atom is 0.226 e. The summed E-state index contributed by atoms with van der Waals surface area (Å²) in [4.78, 5) is 3.83. The van der Waals surface area contributed by atoms with Gasteiger partial charge in [-0.3, -0.25) is 0 Å². The van der Waals surface area contributed by atoms with E-state index in [1.807, 2.05) is 0 Å². The van der Waals surface area contributed by atoms with Gasteiger partial charge in [0, 0.05) is 12.3 Å². The Morgan fingerprint density at radius 1 is 1.07 bits per heavy atom. The van der Waals surface area contributed by atoms with Crippen LogP contribution in [0.5, 0.6) is 0 Å². The molecule has 0 heterocycles. The summed E-state index contributed by atoms with van der Waals surface area (Å²) >= 11 is 0. The van der Waals surface area contributed by atoms with Gasteiger partial charge < -0.3 is 4.85 Å². The van der Waals surface area contributed by atoms with E-state index in [0.717, 1.165) is 17.8 Å². The average molecular weight is 189 g/mol. The summed E-state index contributed by atoms with van der Waals surface area (Å²) in [6.07, 6.45) is 8.60. The first-order valence-electron chi connectivity index (χ1n) is 6.08. The smallest absolute Gasteiger partial charge is 0.226 e. The molecule has 1 unspecified atom stereocenters. The van der Waals surface area contributed by atoms with Gasteiger partial charge in [0.2, 0.25) is 6.04 Å². The third-order valence-corrected chi connectivity index (χ3v) is 5.17. The van der Waals surface area contributed by atoms with Crippen molar-refractivity contribution in [2.45, 2.75) is 51.5 Å². The van der Waals surface area contributed by atoms with Crippen LogP contribution in [0.25, 0.3) is 4.85 Å². The summed E-state index contributed by atoms with van der Waals surface area (Å²) in [6, 6.07) is 0.288. The highest BCUT2D eigenvalue weighted by Crippen LogP contribution is 2.61. The Labute approximate surface area is 86.7 Å². The van der Waals surface area contributed by atoms with Crippen LogP contribution in [0.3, 0.4) is 0 Å². The van der Waals surface area contributed by atoms with Crippen LogP contribution in [0.15, 0.2) is 0 Å². The van der Waals surface area contributed by atoms with Gasteiger partial charge in [0.1, 0.15) is 0 Å². The van der Waals surface area contributed by atoms with Gasteiger partial charge in [-0.05, 0) is 56.3 Å². The molecule has 0 amide bonds. The lowest BCUT2D eigenvalue weighted by atomic mass is 9.48. The molecule has 0 radical (unpaired) electrons. The molecular weight excluding hydrogens is 170 g/mol. The Morgan fingerprint density at radius 3 is 1.86 bits per heavy atom. The topological polar surface area (TPSA) is 4.36 Å². The second-order valence-corrected chi connectivity index (χ2v) is 6.09.